The third-order valence-electron chi connectivity index (χ3n) is 5.14. The summed E-state index contributed by atoms with van der Waals surface area (Å²) in [5.74, 6) is 0. The minimum atomic E-state index is -0.756. The van der Waals surface area contributed by atoms with Gasteiger partial charge in [-0.15, -0.1) is 23.7 Å². The largest absolute Gasteiger partial charge is 0.389 e. The summed E-state index contributed by atoms with van der Waals surface area (Å²) in [4.78, 5) is 2.18. The molecule has 4 rings (SSSR count). The molecule has 30 heavy (non-hydrogen) atoms. The standard InChI is InChI=1S/C24H26N2O2S.ClH/c1-24(27,17-26(2)16-19-7-4-3-5-8-19)13-11-18-9-6-10-20(15-18)22-23-21(28-25-22)12-14-29-23;/h3-10,12,14-15,27H,11,13,16-17H2,1-2H3;1H/t24-;/m0./s1. The minimum absolute atomic E-state index is 0. The van der Waals surface area contributed by atoms with E-state index in [1.165, 1.54) is 11.1 Å². The van der Waals surface area contributed by atoms with Crippen molar-refractivity contribution < 1.29 is 9.63 Å². The van der Waals surface area contributed by atoms with Gasteiger partial charge in [-0.25, -0.2) is 0 Å². The van der Waals surface area contributed by atoms with Crippen LogP contribution in [0.15, 0.2) is 70.6 Å². The van der Waals surface area contributed by atoms with E-state index < -0.39 is 5.60 Å². The molecule has 6 heteroatoms. The second-order valence-corrected chi connectivity index (χ2v) is 8.92. The van der Waals surface area contributed by atoms with Gasteiger partial charge in [0.2, 0.25) is 0 Å². The highest BCUT2D eigenvalue weighted by molar-refractivity contribution is 7.17. The number of aliphatic hydroxyl groups is 1. The molecular weight excluding hydrogens is 416 g/mol. The van der Waals surface area contributed by atoms with Crippen molar-refractivity contribution in [1.29, 1.82) is 0 Å². The van der Waals surface area contributed by atoms with E-state index in [1.807, 2.05) is 36.6 Å². The number of nitrogens with zero attached hydrogens (tertiary/aromatic N) is 2. The second-order valence-electron chi connectivity index (χ2n) is 8.00. The third kappa shape index (κ3) is 5.49. The van der Waals surface area contributed by atoms with Gasteiger partial charge in [-0.05, 0) is 55.5 Å². The first kappa shape index (κ1) is 22.5. The fourth-order valence-electron chi connectivity index (χ4n) is 3.76. The molecular formula is C24H27ClN2O2S. The van der Waals surface area contributed by atoms with Gasteiger partial charge >= 0.3 is 0 Å². The maximum absolute atomic E-state index is 10.9. The Hall–Kier alpha value is -2.18. The first-order chi connectivity index (χ1) is 14.0. The molecule has 0 saturated carbocycles. The average molecular weight is 443 g/mol. The molecule has 0 fully saturated rings. The van der Waals surface area contributed by atoms with Crippen LogP contribution in [0.3, 0.4) is 0 Å². The fraction of sp³-hybridized carbons (Fsp3) is 0.292. The van der Waals surface area contributed by atoms with Gasteiger partial charge in [0.15, 0.2) is 5.58 Å². The van der Waals surface area contributed by atoms with E-state index in [0.29, 0.717) is 13.0 Å². The zero-order chi connectivity index (χ0) is 20.3. The number of rotatable bonds is 8. The van der Waals surface area contributed by atoms with Crippen LogP contribution in [-0.2, 0) is 13.0 Å². The molecule has 4 aromatic rings. The van der Waals surface area contributed by atoms with E-state index >= 15 is 0 Å². The van der Waals surface area contributed by atoms with E-state index in [0.717, 1.165) is 34.5 Å². The number of benzene rings is 2. The predicted octanol–water partition coefficient (Wildman–Crippen LogP) is 5.79. The monoisotopic (exact) mass is 442 g/mol. The summed E-state index contributed by atoms with van der Waals surface area (Å²) >= 11 is 1.64. The molecule has 0 saturated heterocycles. The molecule has 4 nitrogen and oxygen atoms in total. The highest BCUT2D eigenvalue weighted by Gasteiger charge is 2.22. The molecule has 0 radical (unpaired) electrons. The molecule has 2 heterocycles. The lowest BCUT2D eigenvalue weighted by molar-refractivity contribution is 0.0178. The van der Waals surface area contributed by atoms with E-state index in [2.05, 4.69) is 53.5 Å². The van der Waals surface area contributed by atoms with Crippen LogP contribution in [0.25, 0.3) is 21.5 Å². The summed E-state index contributed by atoms with van der Waals surface area (Å²) in [6, 6.07) is 20.7. The van der Waals surface area contributed by atoms with E-state index in [9.17, 15) is 5.11 Å². The van der Waals surface area contributed by atoms with Crippen LogP contribution in [0.5, 0.6) is 0 Å². The lowest BCUT2D eigenvalue weighted by atomic mass is 9.95. The first-order valence-corrected chi connectivity index (χ1v) is 10.8. The number of aromatic nitrogens is 1. The van der Waals surface area contributed by atoms with Gasteiger partial charge in [0.05, 0.1) is 5.60 Å². The van der Waals surface area contributed by atoms with Crippen LogP contribution in [-0.4, -0.2) is 34.4 Å². The number of hydrogen-bond acceptors (Lipinski definition) is 5. The number of hydrogen-bond donors (Lipinski definition) is 1. The SMILES string of the molecule is CN(Cc1ccccc1)C[C@@](C)(O)CCc1cccc(-c2noc3ccsc23)c1.Cl. The van der Waals surface area contributed by atoms with Crippen LogP contribution in [0, 0.1) is 0 Å². The van der Waals surface area contributed by atoms with Gasteiger partial charge in [0, 0.05) is 18.7 Å². The maximum atomic E-state index is 10.9. The first-order valence-electron chi connectivity index (χ1n) is 9.87. The Balaban J connectivity index is 0.00000256. The lowest BCUT2D eigenvalue weighted by Crippen LogP contribution is -2.39. The molecule has 0 bridgehead atoms. The van der Waals surface area contributed by atoms with Crippen LogP contribution in [0.1, 0.15) is 24.5 Å². The Morgan fingerprint density at radius 2 is 1.83 bits per heavy atom. The van der Waals surface area contributed by atoms with Crippen LogP contribution < -0.4 is 0 Å². The Morgan fingerprint density at radius 3 is 2.63 bits per heavy atom. The number of thiophene rings is 1. The average Bonchev–Trinajstić information content (AvgIpc) is 3.31. The summed E-state index contributed by atoms with van der Waals surface area (Å²) in [5, 5.41) is 17.2. The predicted molar refractivity (Wildman–Crippen MR) is 126 cm³/mol. The van der Waals surface area contributed by atoms with Crippen molar-refractivity contribution in [1.82, 2.24) is 10.1 Å². The van der Waals surface area contributed by atoms with Crippen molar-refractivity contribution >= 4 is 34.0 Å². The van der Waals surface area contributed by atoms with Crippen molar-refractivity contribution in [2.75, 3.05) is 13.6 Å². The molecule has 0 spiro atoms. The van der Waals surface area contributed by atoms with Crippen LogP contribution in [0.2, 0.25) is 0 Å². The van der Waals surface area contributed by atoms with Crippen molar-refractivity contribution in [3.05, 3.63) is 77.2 Å². The van der Waals surface area contributed by atoms with Crippen LogP contribution >= 0.6 is 23.7 Å². The number of halogens is 1. The quantitative estimate of drug-likeness (QED) is 0.375. The van der Waals surface area contributed by atoms with Gasteiger partial charge in [-0.3, -0.25) is 4.90 Å². The minimum Gasteiger partial charge on any atom is -0.389 e. The molecule has 158 valence electrons. The summed E-state index contributed by atoms with van der Waals surface area (Å²) in [6.07, 6.45) is 1.51. The zero-order valence-corrected chi connectivity index (χ0v) is 18.9. The Morgan fingerprint density at radius 1 is 1.07 bits per heavy atom. The molecule has 0 unspecified atom stereocenters. The number of aryl methyl sites for hydroxylation is 1. The summed E-state index contributed by atoms with van der Waals surface area (Å²) in [7, 11) is 2.05. The maximum Gasteiger partial charge on any atom is 0.178 e. The Bertz CT molecular complexity index is 1070. The summed E-state index contributed by atoms with van der Waals surface area (Å²) in [6.45, 7) is 3.38. The molecule has 1 N–H and O–H groups in total. The van der Waals surface area contributed by atoms with Gasteiger partial charge < -0.3 is 9.63 Å². The van der Waals surface area contributed by atoms with Crippen molar-refractivity contribution in [3.63, 3.8) is 0 Å². The van der Waals surface area contributed by atoms with Gasteiger partial charge in [-0.1, -0.05) is 53.7 Å². The van der Waals surface area contributed by atoms with Crippen LogP contribution in [0.4, 0.5) is 0 Å². The van der Waals surface area contributed by atoms with Crippen molar-refractivity contribution in [2.24, 2.45) is 0 Å². The zero-order valence-electron chi connectivity index (χ0n) is 17.2. The highest BCUT2D eigenvalue weighted by Crippen LogP contribution is 2.32. The Kier molecular flexibility index (Phi) is 7.32. The van der Waals surface area contributed by atoms with Gasteiger partial charge in [0.25, 0.3) is 0 Å². The topological polar surface area (TPSA) is 49.5 Å². The van der Waals surface area contributed by atoms with E-state index in [1.54, 1.807) is 11.3 Å². The summed E-state index contributed by atoms with van der Waals surface area (Å²) in [5.41, 5.74) is 4.48. The third-order valence-corrected chi connectivity index (χ3v) is 6.04. The van der Waals surface area contributed by atoms with Gasteiger partial charge in [0.1, 0.15) is 10.4 Å². The molecule has 2 aromatic carbocycles. The normalized spacial score (nSPS) is 13.3. The molecule has 2 aromatic heterocycles. The molecule has 0 amide bonds. The highest BCUT2D eigenvalue weighted by atomic mass is 35.5. The molecule has 0 aliphatic carbocycles. The van der Waals surface area contributed by atoms with Gasteiger partial charge in [-0.2, -0.15) is 0 Å². The molecule has 0 aliphatic rings. The van der Waals surface area contributed by atoms with E-state index in [4.69, 9.17) is 4.52 Å². The fourth-order valence-corrected chi connectivity index (χ4v) is 4.58. The van der Waals surface area contributed by atoms with Crippen molar-refractivity contribution in [3.8, 4) is 11.3 Å². The molecule has 0 aliphatic heterocycles. The van der Waals surface area contributed by atoms with Crippen molar-refractivity contribution in [2.45, 2.75) is 31.9 Å². The smallest absolute Gasteiger partial charge is 0.178 e. The lowest BCUT2D eigenvalue weighted by Gasteiger charge is -2.29. The van der Waals surface area contributed by atoms with E-state index in [-0.39, 0.29) is 12.4 Å². The molecule has 1 atom stereocenters. The number of fused-ring (bicyclic) bond motifs is 1. The second kappa shape index (κ2) is 9.75. The number of likely N-dealkylation sites (N-methyl/N-ethyl adjacent to an activating group) is 1. The Labute approximate surface area is 187 Å². The summed E-state index contributed by atoms with van der Waals surface area (Å²) < 4.78 is 6.49.